The highest BCUT2D eigenvalue weighted by atomic mass is 35.5. The van der Waals surface area contributed by atoms with Crippen LogP contribution in [0.25, 0.3) is 0 Å². The summed E-state index contributed by atoms with van der Waals surface area (Å²) in [6.07, 6.45) is 0. The molecule has 0 aliphatic heterocycles. The topological polar surface area (TPSA) is 50.5 Å². The molecule has 2 aromatic rings. The fourth-order valence-corrected chi connectivity index (χ4v) is 1.43. The van der Waals surface area contributed by atoms with E-state index in [2.05, 4.69) is 20.2 Å². The van der Waals surface area contributed by atoms with Gasteiger partial charge in [-0.3, -0.25) is 0 Å². The normalized spacial score (nSPS) is 10.9. The molecule has 80 valence electrons. The Balaban J connectivity index is 2.24. The van der Waals surface area contributed by atoms with E-state index in [4.69, 9.17) is 23.2 Å². The van der Waals surface area contributed by atoms with Gasteiger partial charge in [0.1, 0.15) is 5.15 Å². The van der Waals surface area contributed by atoms with Gasteiger partial charge in [0.2, 0.25) is 5.28 Å². The van der Waals surface area contributed by atoms with Crippen molar-refractivity contribution in [2.24, 2.45) is 10.2 Å². The van der Waals surface area contributed by atoms with Crippen molar-refractivity contribution in [3.05, 3.63) is 46.8 Å². The van der Waals surface area contributed by atoms with Crippen LogP contribution in [0, 0.1) is 0 Å². The molecular formula is C10H6Cl2N4. The minimum Gasteiger partial charge on any atom is -0.206 e. The van der Waals surface area contributed by atoms with Crippen molar-refractivity contribution in [1.82, 2.24) is 9.97 Å². The minimum atomic E-state index is 0.0505. The number of aromatic nitrogens is 2. The summed E-state index contributed by atoms with van der Waals surface area (Å²) in [6, 6.07) is 10.8. The van der Waals surface area contributed by atoms with E-state index in [1.54, 1.807) is 0 Å². The fraction of sp³-hybridized carbons (Fsp3) is 0. The molecule has 0 aliphatic rings. The highest BCUT2D eigenvalue weighted by Crippen LogP contribution is 2.19. The highest BCUT2D eigenvalue weighted by molar-refractivity contribution is 6.31. The summed E-state index contributed by atoms with van der Waals surface area (Å²) in [4.78, 5) is 7.57. The van der Waals surface area contributed by atoms with Gasteiger partial charge in [-0.2, -0.15) is 4.98 Å². The number of nitrogens with zero attached hydrogens (tertiary/aromatic N) is 4. The predicted octanol–water partition coefficient (Wildman–Crippen LogP) is 4.20. The van der Waals surface area contributed by atoms with E-state index in [-0.39, 0.29) is 10.4 Å². The molecule has 2 rings (SSSR count). The summed E-state index contributed by atoms with van der Waals surface area (Å²) >= 11 is 11.3. The second-order valence-electron chi connectivity index (χ2n) is 2.85. The third-order valence-corrected chi connectivity index (χ3v) is 2.04. The van der Waals surface area contributed by atoms with Crippen molar-refractivity contribution in [3.63, 3.8) is 0 Å². The lowest BCUT2D eigenvalue weighted by molar-refractivity contribution is 1.10. The zero-order valence-electron chi connectivity index (χ0n) is 8.01. The summed E-state index contributed by atoms with van der Waals surface area (Å²) in [5, 5.41) is 8.17. The van der Waals surface area contributed by atoms with Gasteiger partial charge in [0.15, 0.2) is 5.82 Å². The Kier molecular flexibility index (Phi) is 3.44. The maximum absolute atomic E-state index is 5.69. The summed E-state index contributed by atoms with van der Waals surface area (Å²) in [7, 11) is 0. The van der Waals surface area contributed by atoms with Crippen LogP contribution in [-0.4, -0.2) is 9.97 Å². The monoisotopic (exact) mass is 252 g/mol. The van der Waals surface area contributed by atoms with E-state index >= 15 is 0 Å². The fourth-order valence-electron chi connectivity index (χ4n) is 1.03. The van der Waals surface area contributed by atoms with Crippen LogP contribution in [0.5, 0.6) is 0 Å². The predicted molar refractivity (Wildman–Crippen MR) is 62.7 cm³/mol. The van der Waals surface area contributed by atoms with E-state index in [0.717, 1.165) is 5.69 Å². The first-order valence-corrected chi connectivity index (χ1v) is 5.16. The molecule has 4 nitrogen and oxygen atoms in total. The first-order valence-electron chi connectivity index (χ1n) is 4.41. The largest absolute Gasteiger partial charge is 0.225 e. The third kappa shape index (κ3) is 2.98. The molecule has 0 spiro atoms. The van der Waals surface area contributed by atoms with Gasteiger partial charge in [0.25, 0.3) is 0 Å². The molecule has 1 heterocycles. The van der Waals surface area contributed by atoms with Crippen LogP contribution in [-0.2, 0) is 0 Å². The Morgan fingerprint density at radius 3 is 2.38 bits per heavy atom. The molecule has 1 aromatic heterocycles. The molecule has 0 aliphatic carbocycles. The van der Waals surface area contributed by atoms with Gasteiger partial charge in [-0.05, 0) is 23.7 Å². The second-order valence-corrected chi connectivity index (χ2v) is 3.58. The number of hydrogen-bond donors (Lipinski definition) is 0. The molecule has 0 saturated heterocycles. The third-order valence-electron chi connectivity index (χ3n) is 1.68. The average Bonchev–Trinajstić information content (AvgIpc) is 2.27. The van der Waals surface area contributed by atoms with Gasteiger partial charge < -0.3 is 0 Å². The van der Waals surface area contributed by atoms with Gasteiger partial charge in [-0.25, -0.2) is 4.98 Å². The number of halogens is 2. The number of azo groups is 1. The summed E-state index contributed by atoms with van der Waals surface area (Å²) in [5.41, 5.74) is 0.730. The van der Waals surface area contributed by atoms with E-state index in [9.17, 15) is 0 Å². The van der Waals surface area contributed by atoms with Crippen molar-refractivity contribution in [3.8, 4) is 0 Å². The van der Waals surface area contributed by atoms with Gasteiger partial charge in [-0.15, -0.1) is 10.2 Å². The molecule has 0 saturated carbocycles. The summed E-state index contributed by atoms with van der Waals surface area (Å²) in [6.45, 7) is 0. The highest BCUT2D eigenvalue weighted by Gasteiger charge is 1.99. The van der Waals surface area contributed by atoms with Crippen molar-refractivity contribution in [2.75, 3.05) is 0 Å². The molecule has 0 amide bonds. The van der Waals surface area contributed by atoms with Gasteiger partial charge in [-0.1, -0.05) is 29.8 Å². The minimum absolute atomic E-state index is 0.0505. The lowest BCUT2D eigenvalue weighted by Gasteiger charge is -1.94. The molecule has 1 aromatic carbocycles. The van der Waals surface area contributed by atoms with Gasteiger partial charge in [0.05, 0.1) is 5.69 Å². The van der Waals surface area contributed by atoms with Crippen LogP contribution < -0.4 is 0 Å². The van der Waals surface area contributed by atoms with Crippen molar-refractivity contribution in [1.29, 1.82) is 0 Å². The van der Waals surface area contributed by atoms with Crippen molar-refractivity contribution < 1.29 is 0 Å². The van der Waals surface area contributed by atoms with Crippen LogP contribution in [0.3, 0.4) is 0 Å². The van der Waals surface area contributed by atoms with Crippen molar-refractivity contribution in [2.45, 2.75) is 0 Å². The smallest absolute Gasteiger partial charge is 0.206 e. The molecule has 0 atom stereocenters. The average molecular weight is 253 g/mol. The van der Waals surface area contributed by atoms with Crippen LogP contribution >= 0.6 is 23.2 Å². The maximum Gasteiger partial charge on any atom is 0.225 e. The Labute approximate surface area is 102 Å². The quantitative estimate of drug-likeness (QED) is 0.457. The summed E-state index contributed by atoms with van der Waals surface area (Å²) < 4.78 is 0. The Hall–Kier alpha value is -1.52. The molecule has 16 heavy (non-hydrogen) atoms. The van der Waals surface area contributed by atoms with Crippen LogP contribution in [0.1, 0.15) is 0 Å². The maximum atomic E-state index is 5.69. The van der Waals surface area contributed by atoms with Gasteiger partial charge >= 0.3 is 0 Å². The van der Waals surface area contributed by atoms with Crippen LogP contribution in [0.4, 0.5) is 11.5 Å². The SMILES string of the molecule is Clc1cc(N=Nc2ccccc2)nc(Cl)n1. The molecule has 0 unspecified atom stereocenters. The first kappa shape index (κ1) is 11.0. The van der Waals surface area contributed by atoms with Gasteiger partial charge in [0, 0.05) is 6.07 Å². The Morgan fingerprint density at radius 2 is 1.69 bits per heavy atom. The molecule has 6 heteroatoms. The van der Waals surface area contributed by atoms with Crippen LogP contribution in [0.2, 0.25) is 10.4 Å². The standard InChI is InChI=1S/C10H6Cl2N4/c11-8-6-9(14-10(12)13-8)16-15-7-4-2-1-3-5-7/h1-6H. The number of benzene rings is 1. The second kappa shape index (κ2) is 5.01. The number of rotatable bonds is 2. The Bertz CT molecular complexity index is 493. The Morgan fingerprint density at radius 1 is 0.938 bits per heavy atom. The zero-order chi connectivity index (χ0) is 11.4. The van der Waals surface area contributed by atoms with E-state index in [1.807, 2.05) is 30.3 Å². The lowest BCUT2D eigenvalue weighted by atomic mass is 10.3. The zero-order valence-corrected chi connectivity index (χ0v) is 9.52. The van der Waals surface area contributed by atoms with Crippen molar-refractivity contribution >= 4 is 34.7 Å². The van der Waals surface area contributed by atoms with E-state index in [1.165, 1.54) is 6.07 Å². The first-order chi connectivity index (χ1) is 7.74. The van der Waals surface area contributed by atoms with Crippen LogP contribution in [0.15, 0.2) is 46.6 Å². The molecule has 0 radical (unpaired) electrons. The molecule has 0 N–H and O–H groups in total. The van der Waals surface area contributed by atoms with E-state index < -0.39 is 0 Å². The molecule has 0 fully saturated rings. The lowest BCUT2D eigenvalue weighted by Crippen LogP contribution is -1.81. The molecular weight excluding hydrogens is 247 g/mol. The molecule has 0 bridgehead atoms. The number of hydrogen-bond acceptors (Lipinski definition) is 4. The summed E-state index contributed by atoms with van der Waals surface area (Å²) in [5.74, 6) is 0.328. The van der Waals surface area contributed by atoms with E-state index in [0.29, 0.717) is 5.82 Å².